The Morgan fingerprint density at radius 1 is 1.00 bits per heavy atom. The third-order valence-electron chi connectivity index (χ3n) is 5.64. The van der Waals surface area contributed by atoms with Gasteiger partial charge in [-0.05, 0) is 24.3 Å². The number of ether oxygens (including phenoxy) is 1. The molecule has 1 saturated heterocycles. The van der Waals surface area contributed by atoms with Crippen LogP contribution in [0, 0.1) is 0 Å². The molecule has 0 atom stereocenters. The number of nitrogens with one attached hydrogen (secondary N) is 1. The molecule has 1 aliphatic heterocycles. The van der Waals surface area contributed by atoms with E-state index in [1.807, 2.05) is 36.5 Å². The maximum Gasteiger partial charge on any atom is 0.246 e. The van der Waals surface area contributed by atoms with Crippen molar-refractivity contribution in [3.63, 3.8) is 0 Å². The largest absolute Gasteiger partial charge is 0.495 e. The first kappa shape index (κ1) is 20.7. The zero-order valence-electron chi connectivity index (χ0n) is 18.3. The predicted molar refractivity (Wildman–Crippen MR) is 126 cm³/mol. The third-order valence-corrected chi connectivity index (χ3v) is 5.64. The zero-order chi connectivity index (χ0) is 22.6. The summed E-state index contributed by atoms with van der Waals surface area (Å²) in [6, 6.07) is 13.2. The quantitative estimate of drug-likeness (QED) is 0.483. The number of hydrogen-bond donors (Lipinski definition) is 1. The summed E-state index contributed by atoms with van der Waals surface area (Å²) in [6.45, 7) is 3.34. The van der Waals surface area contributed by atoms with Gasteiger partial charge in [0.2, 0.25) is 5.91 Å². The van der Waals surface area contributed by atoms with Crippen molar-refractivity contribution in [2.75, 3.05) is 48.4 Å². The number of aromatic nitrogens is 5. The topological polar surface area (TPSA) is 101 Å². The lowest BCUT2D eigenvalue weighted by Crippen LogP contribution is -2.47. The van der Waals surface area contributed by atoms with E-state index < -0.39 is 0 Å². The first-order valence-electron chi connectivity index (χ1n) is 10.7. The molecule has 5 rings (SSSR count). The summed E-state index contributed by atoms with van der Waals surface area (Å²) in [4.78, 5) is 30.5. The number of rotatable bonds is 6. The first-order valence-corrected chi connectivity index (χ1v) is 10.7. The normalized spacial score (nSPS) is 13.8. The molecule has 4 aromatic rings. The van der Waals surface area contributed by atoms with Crippen molar-refractivity contribution >= 4 is 34.3 Å². The van der Waals surface area contributed by atoms with E-state index in [-0.39, 0.29) is 12.5 Å². The second-order valence-corrected chi connectivity index (χ2v) is 7.65. The molecule has 1 aromatic carbocycles. The molecule has 0 saturated carbocycles. The molecule has 0 spiro atoms. The number of benzene rings is 1. The lowest BCUT2D eigenvalue weighted by Gasteiger charge is -2.36. The Balaban J connectivity index is 1.30. The van der Waals surface area contributed by atoms with Gasteiger partial charge >= 0.3 is 0 Å². The van der Waals surface area contributed by atoms with Crippen molar-refractivity contribution in [3.8, 4) is 5.75 Å². The van der Waals surface area contributed by atoms with Crippen molar-refractivity contribution in [2.45, 2.75) is 6.54 Å². The van der Waals surface area contributed by atoms with Gasteiger partial charge in [0.25, 0.3) is 0 Å². The van der Waals surface area contributed by atoms with Crippen LogP contribution in [0.5, 0.6) is 5.75 Å². The lowest BCUT2D eigenvalue weighted by molar-refractivity contribution is -0.116. The van der Waals surface area contributed by atoms with E-state index in [1.54, 1.807) is 30.1 Å². The van der Waals surface area contributed by atoms with Crippen LogP contribution in [0.2, 0.25) is 0 Å². The molecule has 0 bridgehead atoms. The van der Waals surface area contributed by atoms with Crippen molar-refractivity contribution in [3.05, 3.63) is 61.2 Å². The van der Waals surface area contributed by atoms with Gasteiger partial charge in [0.15, 0.2) is 5.65 Å². The van der Waals surface area contributed by atoms with Gasteiger partial charge in [-0.2, -0.15) is 5.10 Å². The molecule has 1 N–H and O–H groups in total. The molecule has 3 aromatic heterocycles. The van der Waals surface area contributed by atoms with Crippen LogP contribution in [-0.2, 0) is 11.3 Å². The monoisotopic (exact) mass is 444 g/mol. The van der Waals surface area contributed by atoms with Gasteiger partial charge in [-0.3, -0.25) is 4.79 Å². The van der Waals surface area contributed by atoms with E-state index in [0.717, 1.165) is 43.2 Å². The van der Waals surface area contributed by atoms with Crippen molar-refractivity contribution < 1.29 is 9.53 Å². The number of carbonyl (C=O) groups excluding carboxylic acids is 1. The first-order chi connectivity index (χ1) is 16.2. The second kappa shape index (κ2) is 9.11. The van der Waals surface area contributed by atoms with Crippen LogP contribution < -0.4 is 19.9 Å². The molecule has 1 aliphatic rings. The Hall–Kier alpha value is -4.21. The smallest absolute Gasteiger partial charge is 0.246 e. The van der Waals surface area contributed by atoms with E-state index in [9.17, 15) is 4.79 Å². The van der Waals surface area contributed by atoms with Crippen LogP contribution >= 0.6 is 0 Å². The Morgan fingerprint density at radius 3 is 2.58 bits per heavy atom. The summed E-state index contributed by atoms with van der Waals surface area (Å²) in [7, 11) is 1.57. The van der Waals surface area contributed by atoms with Crippen LogP contribution in [0.1, 0.15) is 0 Å². The number of methoxy groups -OCH3 is 1. The van der Waals surface area contributed by atoms with Gasteiger partial charge in [0.1, 0.15) is 30.3 Å². The van der Waals surface area contributed by atoms with Gasteiger partial charge in [0, 0.05) is 32.4 Å². The molecule has 0 radical (unpaired) electrons. The summed E-state index contributed by atoms with van der Waals surface area (Å²) >= 11 is 0. The van der Waals surface area contributed by atoms with Gasteiger partial charge in [-0.1, -0.05) is 18.2 Å². The summed E-state index contributed by atoms with van der Waals surface area (Å²) in [5.41, 5.74) is 1.24. The second-order valence-electron chi connectivity index (χ2n) is 7.65. The van der Waals surface area contributed by atoms with Crippen LogP contribution in [-0.4, -0.2) is 63.9 Å². The van der Waals surface area contributed by atoms with Gasteiger partial charge in [-0.25, -0.2) is 19.6 Å². The van der Waals surface area contributed by atoms with Crippen LogP contribution in [0.15, 0.2) is 61.2 Å². The average molecular weight is 444 g/mol. The summed E-state index contributed by atoms with van der Waals surface area (Å²) < 4.78 is 6.89. The van der Waals surface area contributed by atoms with E-state index >= 15 is 0 Å². The van der Waals surface area contributed by atoms with Crippen molar-refractivity contribution in [1.29, 1.82) is 0 Å². The number of nitrogens with zero attached hydrogens (tertiary/aromatic N) is 7. The van der Waals surface area contributed by atoms with Crippen LogP contribution in [0.25, 0.3) is 11.0 Å². The number of pyridine rings is 1. The molecule has 1 fully saturated rings. The minimum atomic E-state index is -0.214. The summed E-state index contributed by atoms with van der Waals surface area (Å²) in [5, 5.41) is 8.11. The third kappa shape index (κ3) is 4.27. The SMILES string of the molecule is COc1ccccc1NC(=O)Cn1ncc2c(N3CCN(c4ccccn4)CC3)ncnc21. The Labute approximate surface area is 190 Å². The van der Waals surface area contributed by atoms with Crippen molar-refractivity contribution in [1.82, 2.24) is 24.7 Å². The highest BCUT2D eigenvalue weighted by Crippen LogP contribution is 2.26. The molecule has 1 amide bonds. The number of piperazine rings is 1. The molecule has 10 nitrogen and oxygen atoms in total. The Kier molecular flexibility index (Phi) is 5.71. The van der Waals surface area contributed by atoms with E-state index in [4.69, 9.17) is 4.74 Å². The van der Waals surface area contributed by atoms with Gasteiger partial charge in [-0.15, -0.1) is 0 Å². The minimum Gasteiger partial charge on any atom is -0.495 e. The Morgan fingerprint density at radius 2 is 1.79 bits per heavy atom. The zero-order valence-corrected chi connectivity index (χ0v) is 18.3. The molecule has 33 heavy (non-hydrogen) atoms. The fourth-order valence-corrected chi connectivity index (χ4v) is 4.01. The summed E-state index contributed by atoms with van der Waals surface area (Å²) in [6.07, 6.45) is 5.07. The van der Waals surface area contributed by atoms with E-state index in [2.05, 4.69) is 35.2 Å². The fourth-order valence-electron chi connectivity index (χ4n) is 4.01. The number of amides is 1. The highest BCUT2D eigenvalue weighted by Gasteiger charge is 2.22. The van der Waals surface area contributed by atoms with Crippen molar-refractivity contribution in [2.24, 2.45) is 0 Å². The fraction of sp³-hybridized carbons (Fsp3) is 0.261. The molecular formula is C23H24N8O2. The average Bonchev–Trinajstić information content (AvgIpc) is 3.28. The van der Waals surface area contributed by atoms with Gasteiger partial charge in [0.05, 0.1) is 24.4 Å². The maximum absolute atomic E-state index is 12.7. The molecule has 4 heterocycles. The van der Waals surface area contributed by atoms with Crippen LogP contribution in [0.4, 0.5) is 17.3 Å². The predicted octanol–water partition coefficient (Wildman–Crippen LogP) is 2.20. The maximum atomic E-state index is 12.7. The highest BCUT2D eigenvalue weighted by atomic mass is 16.5. The molecule has 168 valence electrons. The highest BCUT2D eigenvalue weighted by molar-refractivity contribution is 5.93. The standard InChI is InChI=1S/C23H24N8O2/c1-33-19-7-3-2-6-18(19)28-21(32)15-31-23-17(14-27-31)22(25-16-26-23)30-12-10-29(11-13-30)20-8-4-5-9-24-20/h2-9,14,16H,10-13,15H2,1H3,(H,28,32). The number of para-hydroxylation sites is 2. The number of hydrogen-bond acceptors (Lipinski definition) is 8. The van der Waals surface area contributed by atoms with E-state index in [1.165, 1.54) is 6.33 Å². The summed E-state index contributed by atoms with van der Waals surface area (Å²) in [5.74, 6) is 2.20. The lowest BCUT2D eigenvalue weighted by atomic mass is 10.2. The molecule has 0 unspecified atom stereocenters. The number of carbonyl (C=O) groups is 1. The number of fused-ring (bicyclic) bond motifs is 1. The Bertz CT molecular complexity index is 1250. The van der Waals surface area contributed by atoms with E-state index in [0.29, 0.717) is 17.1 Å². The number of anilines is 3. The molecule has 10 heteroatoms. The molecular weight excluding hydrogens is 420 g/mol. The van der Waals surface area contributed by atoms with Crippen LogP contribution in [0.3, 0.4) is 0 Å². The minimum absolute atomic E-state index is 0.0332. The van der Waals surface area contributed by atoms with Gasteiger partial charge < -0.3 is 19.9 Å². The molecule has 0 aliphatic carbocycles.